The summed E-state index contributed by atoms with van der Waals surface area (Å²) in [5.41, 5.74) is 3.02. The Morgan fingerprint density at radius 2 is 1.72 bits per heavy atom. The SMILES string of the molecule is CC[C@H](C)[C@H]1O[C@]2(C=C[C@@H]1C)C[C@@H]1C[C@@H](C/C=C(\C)C(O[C@H]3C[C@H](OC)C(C[C@H]4C[C@H](OC)[C@H](ONC)[C@H](C)O4)[C@H](C)O3)[C@@H](C)/C=C/C=C3\CO[C@@H]4[C@H](O)C(C)=C[C@@H](C(=O)O1)[C@]34O)O2. The summed E-state index contributed by atoms with van der Waals surface area (Å²) >= 11 is 0. The van der Waals surface area contributed by atoms with Crippen LogP contribution in [0.25, 0.3) is 0 Å². The Kier molecular flexibility index (Phi) is 16.2. The number of hydrogen-bond donors (Lipinski definition) is 3. The van der Waals surface area contributed by atoms with Crippen molar-refractivity contribution in [2.45, 2.75) is 191 Å². The zero-order valence-electron chi connectivity index (χ0n) is 40.0. The molecule has 2 unspecified atom stereocenters. The molecule has 0 aromatic carbocycles. The third-order valence-electron chi connectivity index (χ3n) is 15.3. The fourth-order valence-corrected chi connectivity index (χ4v) is 11.4. The second-order valence-corrected chi connectivity index (χ2v) is 19.7. The van der Waals surface area contributed by atoms with Crippen molar-refractivity contribution in [1.82, 2.24) is 5.48 Å². The maximum Gasteiger partial charge on any atom is 0.316 e. The summed E-state index contributed by atoms with van der Waals surface area (Å²) in [6, 6.07) is 0. The van der Waals surface area contributed by atoms with Crippen molar-refractivity contribution in [3.8, 4) is 0 Å². The predicted octanol–water partition coefficient (Wildman–Crippen LogP) is 6.20. The van der Waals surface area contributed by atoms with Crippen LogP contribution in [-0.2, 0) is 52.3 Å². The van der Waals surface area contributed by atoms with Crippen molar-refractivity contribution < 1.29 is 62.5 Å². The van der Waals surface area contributed by atoms with Gasteiger partial charge in [0.05, 0.1) is 55.4 Å². The fourth-order valence-electron chi connectivity index (χ4n) is 11.4. The Bertz CT molecular complexity index is 1770. The van der Waals surface area contributed by atoms with Crippen molar-refractivity contribution in [2.75, 3.05) is 27.9 Å². The highest BCUT2D eigenvalue weighted by Crippen LogP contribution is 2.47. The summed E-state index contributed by atoms with van der Waals surface area (Å²) in [5.74, 6) is -2.41. The number of hydroxylamine groups is 1. The molecule has 0 aromatic heterocycles. The lowest BCUT2D eigenvalue weighted by Crippen LogP contribution is -2.58. The summed E-state index contributed by atoms with van der Waals surface area (Å²) in [6.07, 6.45) is 12.8. The highest BCUT2D eigenvalue weighted by Gasteiger charge is 2.60. The number of aliphatic hydroxyl groups excluding tert-OH is 1. The Labute approximate surface area is 381 Å². The first-order chi connectivity index (χ1) is 30.5. The van der Waals surface area contributed by atoms with E-state index < -0.39 is 54.0 Å². The number of aliphatic hydroxyl groups is 2. The molecular weight excluding hydrogens is 823 g/mol. The molecule has 14 nitrogen and oxygen atoms in total. The molecule has 7 aliphatic rings. The van der Waals surface area contributed by atoms with Crippen molar-refractivity contribution in [3.05, 3.63) is 59.3 Å². The summed E-state index contributed by atoms with van der Waals surface area (Å²) in [4.78, 5) is 20.1. The minimum Gasteiger partial charge on any atom is -0.462 e. The van der Waals surface area contributed by atoms with Gasteiger partial charge in [0, 0.05) is 64.7 Å². The molecule has 0 radical (unpaired) electrons. The van der Waals surface area contributed by atoms with Crippen LogP contribution in [0.2, 0.25) is 0 Å². The maximum absolute atomic E-state index is 14.4. The summed E-state index contributed by atoms with van der Waals surface area (Å²) in [7, 11) is 5.21. The van der Waals surface area contributed by atoms with E-state index in [1.54, 1.807) is 40.3 Å². The van der Waals surface area contributed by atoms with Crippen LogP contribution in [0.15, 0.2) is 59.3 Å². The van der Waals surface area contributed by atoms with Gasteiger partial charge < -0.3 is 52.8 Å². The second kappa shape index (κ2) is 20.9. The van der Waals surface area contributed by atoms with Gasteiger partial charge in [-0.25, -0.2) is 5.48 Å². The van der Waals surface area contributed by atoms with E-state index in [1.165, 1.54) is 0 Å². The Morgan fingerprint density at radius 3 is 2.44 bits per heavy atom. The lowest BCUT2D eigenvalue weighted by Gasteiger charge is -2.48. The van der Waals surface area contributed by atoms with Gasteiger partial charge >= 0.3 is 5.97 Å². The standard InChI is InChI=1S/C50H77NO13/c1-12-27(2)45-30(5)18-19-49(63-45)25-37-21-35(62-49)17-16-29(4)44(28(3)14-13-15-34-26-57-47-43(52)31(6)20-39(48(53)60-37)50(34,47)54)61-42-24-40(55-10)38(32(7)59-42)22-36-23-41(56-11)46(64-51-9)33(8)58-36/h13-16,18-20,27-28,30,32-33,35-47,51-52,54H,12,17,21-26H2,1-11H3/b14-13+,29-16+,34-15+/t27-,28-,30-,32-,33-,35+,36-,37-,38?,39-,40-,41-,42-,43+,44?,45+,46+,47+,49+,50+/m0/s1. The van der Waals surface area contributed by atoms with Gasteiger partial charge in [0.1, 0.15) is 35.9 Å². The molecule has 20 atom stereocenters. The van der Waals surface area contributed by atoms with Gasteiger partial charge in [0.15, 0.2) is 12.1 Å². The first-order valence-electron chi connectivity index (χ1n) is 23.9. The number of allylic oxidation sites excluding steroid dienone is 2. The van der Waals surface area contributed by atoms with Crippen LogP contribution >= 0.6 is 0 Å². The average molecular weight is 900 g/mol. The number of methoxy groups -OCH3 is 2. The summed E-state index contributed by atoms with van der Waals surface area (Å²) in [5, 5.41) is 23.8. The molecule has 14 heteroatoms. The highest BCUT2D eigenvalue weighted by molar-refractivity contribution is 5.78. The Balaban J connectivity index is 1.17. The minimum absolute atomic E-state index is 0.0472. The largest absolute Gasteiger partial charge is 0.462 e. The first-order valence-corrected chi connectivity index (χ1v) is 23.9. The second-order valence-electron chi connectivity index (χ2n) is 19.7. The number of rotatable bonds is 10. The van der Waals surface area contributed by atoms with Gasteiger partial charge in [0.25, 0.3) is 0 Å². The topological polar surface area (TPSA) is 162 Å². The van der Waals surface area contributed by atoms with E-state index in [9.17, 15) is 15.0 Å². The highest BCUT2D eigenvalue weighted by atomic mass is 16.7. The van der Waals surface area contributed by atoms with E-state index in [0.717, 1.165) is 18.4 Å². The normalized spacial score (nSPS) is 48.0. The molecule has 1 aliphatic carbocycles. The van der Waals surface area contributed by atoms with Gasteiger partial charge in [0.2, 0.25) is 0 Å². The summed E-state index contributed by atoms with van der Waals surface area (Å²) < 4.78 is 58.5. The van der Waals surface area contributed by atoms with Crippen LogP contribution in [0.4, 0.5) is 0 Å². The molecule has 64 heavy (non-hydrogen) atoms. The molecule has 2 bridgehead atoms. The van der Waals surface area contributed by atoms with Crippen molar-refractivity contribution in [2.24, 2.45) is 29.6 Å². The molecule has 6 heterocycles. The van der Waals surface area contributed by atoms with E-state index in [0.29, 0.717) is 43.3 Å². The number of nitrogens with one attached hydrogen (secondary N) is 1. The predicted molar refractivity (Wildman–Crippen MR) is 238 cm³/mol. The van der Waals surface area contributed by atoms with E-state index in [2.05, 4.69) is 59.2 Å². The molecule has 1 spiro atoms. The number of carbonyl (C=O) groups is 1. The van der Waals surface area contributed by atoms with Gasteiger partial charge in [-0.05, 0) is 69.2 Å². The average Bonchev–Trinajstić information content (AvgIpc) is 3.61. The third kappa shape index (κ3) is 10.2. The van der Waals surface area contributed by atoms with E-state index in [4.69, 9.17) is 47.5 Å². The first kappa shape index (κ1) is 49.6. The van der Waals surface area contributed by atoms with Gasteiger partial charge in [-0.15, -0.1) is 0 Å². The van der Waals surface area contributed by atoms with Crippen molar-refractivity contribution in [3.63, 3.8) is 0 Å². The lowest BCUT2D eigenvalue weighted by molar-refractivity contribution is -0.300. The van der Waals surface area contributed by atoms with Crippen LogP contribution < -0.4 is 5.48 Å². The van der Waals surface area contributed by atoms with Crippen LogP contribution in [-0.4, -0.2) is 135 Å². The number of hydrogen-bond acceptors (Lipinski definition) is 14. The van der Waals surface area contributed by atoms with Crippen LogP contribution in [0.1, 0.15) is 100 Å². The molecule has 3 N–H and O–H groups in total. The van der Waals surface area contributed by atoms with Gasteiger partial charge in [-0.1, -0.05) is 70.6 Å². The van der Waals surface area contributed by atoms with Gasteiger partial charge in [-0.2, -0.15) is 0 Å². The fraction of sp³-hybridized carbons (Fsp3) is 0.780. The van der Waals surface area contributed by atoms with Crippen LogP contribution in [0.3, 0.4) is 0 Å². The maximum atomic E-state index is 14.4. The number of ether oxygens (including phenoxy) is 9. The molecule has 4 saturated heterocycles. The molecule has 0 saturated carbocycles. The molecule has 0 aromatic rings. The zero-order chi connectivity index (χ0) is 46.1. The van der Waals surface area contributed by atoms with Crippen molar-refractivity contribution >= 4 is 5.97 Å². The molecule has 6 aliphatic heterocycles. The monoisotopic (exact) mass is 900 g/mol. The third-order valence-corrected chi connectivity index (χ3v) is 15.3. The van der Waals surface area contributed by atoms with Crippen LogP contribution in [0, 0.1) is 29.6 Å². The number of esters is 1. The quantitative estimate of drug-likeness (QED) is 0.129. The van der Waals surface area contributed by atoms with E-state index in [-0.39, 0.29) is 79.1 Å². The minimum atomic E-state index is -1.82. The van der Waals surface area contributed by atoms with E-state index in [1.807, 2.05) is 25.2 Å². The number of fused-ring (bicyclic) bond motifs is 2. The molecule has 360 valence electrons. The lowest BCUT2D eigenvalue weighted by atomic mass is 9.71. The zero-order valence-corrected chi connectivity index (χ0v) is 40.0. The van der Waals surface area contributed by atoms with E-state index >= 15 is 0 Å². The Hall–Kier alpha value is -2.31. The molecule has 0 amide bonds. The summed E-state index contributed by atoms with van der Waals surface area (Å²) in [6.45, 7) is 16.6. The molecular formula is C50H77NO13. The van der Waals surface area contributed by atoms with Crippen LogP contribution in [0.5, 0.6) is 0 Å². The number of carbonyl (C=O) groups excluding carboxylic acids is 1. The molecule has 4 fully saturated rings. The van der Waals surface area contributed by atoms with Crippen molar-refractivity contribution in [1.29, 1.82) is 0 Å². The van der Waals surface area contributed by atoms with Gasteiger partial charge in [-0.3, -0.25) is 9.63 Å². The molecule has 7 rings (SSSR count). The Morgan fingerprint density at radius 1 is 0.953 bits per heavy atom. The smallest absolute Gasteiger partial charge is 0.316 e.